The number of hydrogen-bond donors (Lipinski definition) is 2. The number of nitrogens with zero attached hydrogens (tertiary/aromatic N) is 1. The topological polar surface area (TPSA) is 79.1 Å². The summed E-state index contributed by atoms with van der Waals surface area (Å²) < 4.78 is 5.21. The highest BCUT2D eigenvalue weighted by molar-refractivity contribution is 8.00. The van der Waals surface area contributed by atoms with E-state index in [1.165, 1.54) is 11.8 Å². The zero-order valence-corrected chi connectivity index (χ0v) is 22.3. The van der Waals surface area contributed by atoms with Crippen molar-refractivity contribution in [3.8, 4) is 22.6 Å². The Morgan fingerprint density at radius 2 is 1.54 bits per heavy atom. The van der Waals surface area contributed by atoms with E-state index >= 15 is 0 Å². The SMILES string of the molecule is CCOC(=O)C1=Nc2c(c(-c3cc(C(C)(C)C)c(O)c(C(C)(C)C)c3)c(O)c3ccccc23)SC1. The number of aromatic hydroxyl groups is 2. The first-order valence-corrected chi connectivity index (χ1v) is 12.9. The van der Waals surface area contributed by atoms with Crippen molar-refractivity contribution in [1.82, 2.24) is 0 Å². The minimum absolute atomic E-state index is 0.173. The van der Waals surface area contributed by atoms with E-state index in [4.69, 9.17) is 9.73 Å². The number of carbonyl (C=O) groups excluding carboxylic acids is 1. The lowest BCUT2D eigenvalue weighted by molar-refractivity contribution is -0.135. The molecule has 0 saturated heterocycles. The Balaban J connectivity index is 2.09. The van der Waals surface area contributed by atoms with Gasteiger partial charge in [0.2, 0.25) is 0 Å². The lowest BCUT2D eigenvalue weighted by Gasteiger charge is -2.29. The lowest BCUT2D eigenvalue weighted by atomic mass is 9.77. The van der Waals surface area contributed by atoms with Crippen LogP contribution in [0.3, 0.4) is 0 Å². The summed E-state index contributed by atoms with van der Waals surface area (Å²) >= 11 is 1.48. The number of carbonyl (C=O) groups is 1. The van der Waals surface area contributed by atoms with Gasteiger partial charge in [-0.1, -0.05) is 65.8 Å². The van der Waals surface area contributed by atoms with Crippen molar-refractivity contribution < 1.29 is 19.7 Å². The molecule has 0 amide bonds. The molecule has 3 aromatic rings. The van der Waals surface area contributed by atoms with Crippen LogP contribution in [0.1, 0.15) is 59.6 Å². The highest BCUT2D eigenvalue weighted by Gasteiger charge is 2.31. The third-order valence-electron chi connectivity index (χ3n) is 6.24. The van der Waals surface area contributed by atoms with Gasteiger partial charge in [0, 0.05) is 38.1 Å². The first kappa shape index (κ1) is 25.1. The summed E-state index contributed by atoms with van der Waals surface area (Å²) in [5, 5.41) is 24.2. The summed E-state index contributed by atoms with van der Waals surface area (Å²) in [6, 6.07) is 11.5. The monoisotopic (exact) mass is 491 g/mol. The summed E-state index contributed by atoms with van der Waals surface area (Å²) in [5.74, 6) is 0.400. The van der Waals surface area contributed by atoms with Crippen LogP contribution in [-0.4, -0.2) is 34.3 Å². The number of thioether (sulfide) groups is 1. The third kappa shape index (κ3) is 4.52. The van der Waals surface area contributed by atoms with Crippen LogP contribution in [0, 0.1) is 0 Å². The molecule has 0 aliphatic carbocycles. The molecule has 2 N–H and O–H groups in total. The lowest BCUT2D eigenvalue weighted by Crippen LogP contribution is -2.21. The number of fused-ring (bicyclic) bond motifs is 3. The van der Waals surface area contributed by atoms with E-state index in [0.717, 1.165) is 27.0 Å². The standard InChI is InChI=1S/C29H33NO4S/c1-8-34-27(33)21-15-35-26-22(24(31)18-12-10-9-11-17(18)23(26)30-21)16-13-19(28(2,3)4)25(32)20(14-16)29(5,6)7/h9-14,31-32H,8,15H2,1-7H3. The second kappa shape index (κ2) is 8.90. The van der Waals surface area contributed by atoms with Crippen molar-refractivity contribution in [2.75, 3.05) is 12.4 Å². The summed E-state index contributed by atoms with van der Waals surface area (Å²) in [5.41, 5.74) is 3.53. The van der Waals surface area contributed by atoms with Crippen molar-refractivity contribution in [3.63, 3.8) is 0 Å². The molecule has 0 atom stereocenters. The van der Waals surface area contributed by atoms with E-state index in [0.29, 0.717) is 28.1 Å². The molecule has 184 valence electrons. The molecule has 5 nitrogen and oxygen atoms in total. The summed E-state index contributed by atoms with van der Waals surface area (Å²) in [7, 11) is 0. The van der Waals surface area contributed by atoms with Crippen molar-refractivity contribution in [2.24, 2.45) is 4.99 Å². The molecule has 1 aliphatic heterocycles. The smallest absolute Gasteiger partial charge is 0.353 e. The molecule has 0 bridgehead atoms. The zero-order valence-electron chi connectivity index (χ0n) is 21.4. The van der Waals surface area contributed by atoms with Gasteiger partial charge in [-0.2, -0.15) is 0 Å². The van der Waals surface area contributed by atoms with Crippen molar-refractivity contribution in [1.29, 1.82) is 0 Å². The molecule has 3 aromatic carbocycles. The molecule has 1 heterocycles. The number of rotatable bonds is 3. The van der Waals surface area contributed by atoms with E-state index in [2.05, 4.69) is 41.5 Å². The van der Waals surface area contributed by atoms with Gasteiger partial charge in [0.15, 0.2) is 0 Å². The van der Waals surface area contributed by atoms with E-state index in [-0.39, 0.29) is 28.9 Å². The average molecular weight is 492 g/mol. The molecular formula is C29H33NO4S. The largest absolute Gasteiger partial charge is 0.507 e. The molecule has 0 unspecified atom stereocenters. The van der Waals surface area contributed by atoms with Crippen LogP contribution in [0.15, 0.2) is 46.3 Å². The quantitative estimate of drug-likeness (QED) is 0.377. The number of ether oxygens (including phenoxy) is 1. The van der Waals surface area contributed by atoms with Crippen LogP contribution in [0.25, 0.3) is 21.9 Å². The highest BCUT2D eigenvalue weighted by Crippen LogP contribution is 2.53. The summed E-state index contributed by atoms with van der Waals surface area (Å²) in [6.45, 7) is 14.5. The Morgan fingerprint density at radius 1 is 0.971 bits per heavy atom. The van der Waals surface area contributed by atoms with Crippen LogP contribution in [-0.2, 0) is 20.4 Å². The predicted molar refractivity (Wildman–Crippen MR) is 145 cm³/mol. The van der Waals surface area contributed by atoms with Gasteiger partial charge in [0.05, 0.1) is 12.3 Å². The second-order valence-electron chi connectivity index (χ2n) is 10.9. The Kier molecular flexibility index (Phi) is 6.39. The fourth-order valence-corrected chi connectivity index (χ4v) is 5.56. The third-order valence-corrected chi connectivity index (χ3v) is 7.35. The predicted octanol–water partition coefficient (Wildman–Crippen LogP) is 7.25. The van der Waals surface area contributed by atoms with Gasteiger partial charge in [-0.15, -0.1) is 11.8 Å². The van der Waals surface area contributed by atoms with Gasteiger partial charge in [0.1, 0.15) is 17.2 Å². The van der Waals surface area contributed by atoms with Gasteiger partial charge in [-0.3, -0.25) is 0 Å². The van der Waals surface area contributed by atoms with Crippen LogP contribution in [0.2, 0.25) is 0 Å². The van der Waals surface area contributed by atoms with E-state index in [1.54, 1.807) is 6.92 Å². The van der Waals surface area contributed by atoms with Gasteiger partial charge < -0.3 is 14.9 Å². The average Bonchev–Trinajstić information content (AvgIpc) is 2.78. The van der Waals surface area contributed by atoms with Gasteiger partial charge in [-0.25, -0.2) is 9.79 Å². The molecule has 4 rings (SSSR count). The molecule has 0 spiro atoms. The maximum Gasteiger partial charge on any atom is 0.353 e. The zero-order chi connectivity index (χ0) is 25.7. The number of aliphatic imine (C=N–C) groups is 1. The first-order chi connectivity index (χ1) is 16.3. The van der Waals surface area contributed by atoms with Crippen LogP contribution < -0.4 is 0 Å². The van der Waals surface area contributed by atoms with Crippen molar-refractivity contribution in [2.45, 2.75) is 64.2 Å². The molecule has 1 aliphatic rings. The fraction of sp³-hybridized carbons (Fsp3) is 0.379. The summed E-state index contributed by atoms with van der Waals surface area (Å²) in [4.78, 5) is 18.0. The number of hydrogen-bond acceptors (Lipinski definition) is 6. The Hall–Kier alpha value is -2.99. The number of phenols is 2. The molecule has 0 radical (unpaired) electrons. The maximum absolute atomic E-state index is 12.5. The highest BCUT2D eigenvalue weighted by atomic mass is 32.2. The fourth-order valence-electron chi connectivity index (χ4n) is 4.45. The maximum atomic E-state index is 12.5. The minimum atomic E-state index is -0.418. The Morgan fingerprint density at radius 3 is 2.09 bits per heavy atom. The van der Waals surface area contributed by atoms with Gasteiger partial charge >= 0.3 is 5.97 Å². The molecule has 6 heteroatoms. The minimum Gasteiger partial charge on any atom is -0.507 e. The normalized spacial score (nSPS) is 14.0. The Bertz CT molecular complexity index is 1320. The van der Waals surface area contributed by atoms with Crippen molar-refractivity contribution >= 4 is 39.9 Å². The van der Waals surface area contributed by atoms with Gasteiger partial charge in [-0.05, 0) is 35.4 Å². The van der Waals surface area contributed by atoms with Crippen molar-refractivity contribution in [3.05, 3.63) is 47.5 Å². The number of benzene rings is 3. The first-order valence-electron chi connectivity index (χ1n) is 11.9. The molecule has 0 aromatic heterocycles. The van der Waals surface area contributed by atoms with Crippen LogP contribution in [0.4, 0.5) is 5.69 Å². The van der Waals surface area contributed by atoms with E-state index in [9.17, 15) is 15.0 Å². The number of phenolic OH excluding ortho intramolecular Hbond substituents is 2. The molecule has 35 heavy (non-hydrogen) atoms. The van der Waals surface area contributed by atoms with E-state index < -0.39 is 5.97 Å². The van der Waals surface area contributed by atoms with Gasteiger partial charge in [0.25, 0.3) is 0 Å². The molecule has 0 saturated carbocycles. The van der Waals surface area contributed by atoms with Crippen LogP contribution >= 0.6 is 11.8 Å². The van der Waals surface area contributed by atoms with E-state index in [1.807, 2.05) is 36.4 Å². The molecular weight excluding hydrogens is 458 g/mol. The Labute approximate surface area is 211 Å². The second-order valence-corrected chi connectivity index (χ2v) is 11.9. The molecule has 0 fully saturated rings. The summed E-state index contributed by atoms with van der Waals surface area (Å²) in [6.07, 6.45) is 0. The van der Waals surface area contributed by atoms with Crippen LogP contribution in [0.5, 0.6) is 11.5 Å². The number of esters is 1.